The van der Waals surface area contributed by atoms with E-state index >= 15 is 0 Å². The minimum absolute atomic E-state index is 0.707. The molecule has 0 radical (unpaired) electrons. The van der Waals surface area contributed by atoms with Crippen molar-refractivity contribution in [3.8, 4) is 0 Å². The first-order chi connectivity index (χ1) is 11.0. The Kier molecular flexibility index (Phi) is 7.21. The van der Waals surface area contributed by atoms with Crippen LogP contribution in [0.2, 0.25) is 0 Å². The van der Waals surface area contributed by atoms with Crippen LogP contribution in [-0.2, 0) is 6.42 Å². The van der Waals surface area contributed by atoms with E-state index in [0.717, 1.165) is 43.6 Å². The normalized spacial score (nSPS) is 19.5. The molecule has 0 saturated carbocycles. The van der Waals surface area contributed by atoms with E-state index in [0.29, 0.717) is 11.2 Å². The molecule has 1 unspecified atom stereocenters. The van der Waals surface area contributed by atoms with E-state index in [1.54, 1.807) is 11.3 Å². The van der Waals surface area contributed by atoms with Crippen molar-refractivity contribution in [1.29, 1.82) is 0 Å². The summed E-state index contributed by atoms with van der Waals surface area (Å²) in [4.78, 5) is 13.2. The molecule has 0 aliphatic carbocycles. The lowest BCUT2D eigenvalue weighted by Crippen LogP contribution is -2.49. The third-order valence-electron chi connectivity index (χ3n) is 4.07. The Balaban J connectivity index is 1.97. The smallest absolute Gasteiger partial charge is 0.193 e. The molecule has 1 N–H and O–H groups in total. The molecule has 4 nitrogen and oxygen atoms in total. The number of thioether (sulfide) groups is 1. The molecule has 0 bridgehead atoms. The van der Waals surface area contributed by atoms with E-state index in [-0.39, 0.29) is 0 Å². The van der Waals surface area contributed by atoms with E-state index < -0.39 is 0 Å². The summed E-state index contributed by atoms with van der Waals surface area (Å²) in [5, 5.41) is 5.33. The van der Waals surface area contributed by atoms with E-state index in [2.05, 4.69) is 61.6 Å². The van der Waals surface area contributed by atoms with Gasteiger partial charge in [0.1, 0.15) is 0 Å². The molecule has 1 aliphatic rings. The number of hydrogen-bond acceptors (Lipinski definition) is 4. The number of aryl methyl sites for hydroxylation is 2. The van der Waals surface area contributed by atoms with Crippen LogP contribution in [0.4, 0.5) is 0 Å². The molecule has 1 saturated heterocycles. The van der Waals surface area contributed by atoms with Crippen molar-refractivity contribution in [2.24, 2.45) is 10.9 Å². The fourth-order valence-corrected chi connectivity index (χ4v) is 4.99. The zero-order valence-corrected chi connectivity index (χ0v) is 16.7. The summed E-state index contributed by atoms with van der Waals surface area (Å²) in [6.45, 7) is 14.9. The number of thiazole rings is 1. The molecule has 23 heavy (non-hydrogen) atoms. The van der Waals surface area contributed by atoms with Crippen LogP contribution in [0.25, 0.3) is 0 Å². The van der Waals surface area contributed by atoms with Gasteiger partial charge in [-0.2, -0.15) is 11.8 Å². The summed E-state index contributed by atoms with van der Waals surface area (Å²) in [6.07, 6.45) is 0.989. The molecule has 0 spiro atoms. The Morgan fingerprint density at radius 1 is 1.43 bits per heavy atom. The van der Waals surface area contributed by atoms with Crippen LogP contribution in [-0.4, -0.2) is 53.0 Å². The summed E-state index contributed by atoms with van der Waals surface area (Å²) in [5.41, 5.74) is 1.17. The summed E-state index contributed by atoms with van der Waals surface area (Å²) in [6, 6.07) is 0. The van der Waals surface area contributed by atoms with Crippen molar-refractivity contribution in [3.05, 3.63) is 15.6 Å². The Morgan fingerprint density at radius 3 is 2.83 bits per heavy atom. The largest absolute Gasteiger partial charge is 0.357 e. The molecule has 1 aliphatic heterocycles. The molecule has 1 atom stereocenters. The fraction of sp³-hybridized carbons (Fsp3) is 0.765. The molecule has 1 aromatic heterocycles. The Labute approximate surface area is 149 Å². The van der Waals surface area contributed by atoms with E-state index in [1.165, 1.54) is 16.3 Å². The van der Waals surface area contributed by atoms with Gasteiger partial charge >= 0.3 is 0 Å². The predicted molar refractivity (Wildman–Crippen MR) is 104 cm³/mol. The molecule has 6 heteroatoms. The van der Waals surface area contributed by atoms with Crippen molar-refractivity contribution < 1.29 is 0 Å². The second-order valence-electron chi connectivity index (χ2n) is 6.33. The van der Waals surface area contributed by atoms with Crippen LogP contribution in [0.15, 0.2) is 4.99 Å². The van der Waals surface area contributed by atoms with Gasteiger partial charge in [-0.1, -0.05) is 13.8 Å². The molecular weight excluding hydrogens is 324 g/mol. The van der Waals surface area contributed by atoms with Gasteiger partial charge < -0.3 is 10.2 Å². The molecule has 1 aromatic rings. The van der Waals surface area contributed by atoms with Crippen molar-refractivity contribution in [2.75, 3.05) is 31.9 Å². The summed E-state index contributed by atoms with van der Waals surface area (Å²) in [7, 11) is 0. The van der Waals surface area contributed by atoms with E-state index in [4.69, 9.17) is 4.99 Å². The lowest BCUT2D eigenvalue weighted by Gasteiger charge is -2.36. The molecular formula is C17H30N4S2. The Morgan fingerprint density at radius 2 is 2.22 bits per heavy atom. The Hall–Kier alpha value is -0.750. The highest BCUT2D eigenvalue weighted by Crippen LogP contribution is 2.25. The topological polar surface area (TPSA) is 40.5 Å². The molecule has 1 fully saturated rings. The summed E-state index contributed by atoms with van der Waals surface area (Å²) >= 11 is 3.91. The SMILES string of the molecule is CCNC(=NCCc1sc(C)nc1C)N1CCSC(C(C)C)C1. The van der Waals surface area contributed by atoms with Crippen LogP contribution in [0.3, 0.4) is 0 Å². The first kappa shape index (κ1) is 18.6. The maximum Gasteiger partial charge on any atom is 0.193 e. The first-order valence-electron chi connectivity index (χ1n) is 8.59. The van der Waals surface area contributed by atoms with Gasteiger partial charge in [0, 0.05) is 48.5 Å². The number of nitrogens with zero attached hydrogens (tertiary/aromatic N) is 3. The van der Waals surface area contributed by atoms with Crippen LogP contribution in [0.5, 0.6) is 0 Å². The van der Waals surface area contributed by atoms with Crippen molar-refractivity contribution in [1.82, 2.24) is 15.2 Å². The third-order valence-corrected chi connectivity index (χ3v) is 6.74. The van der Waals surface area contributed by atoms with E-state index in [1.807, 2.05) is 0 Å². The number of aliphatic imine (C=N–C) groups is 1. The highest BCUT2D eigenvalue weighted by Gasteiger charge is 2.24. The number of aromatic nitrogens is 1. The summed E-state index contributed by atoms with van der Waals surface area (Å²) < 4.78 is 0. The zero-order valence-electron chi connectivity index (χ0n) is 15.1. The van der Waals surface area contributed by atoms with Gasteiger partial charge in [-0.05, 0) is 26.7 Å². The second kappa shape index (κ2) is 8.92. The van der Waals surface area contributed by atoms with Gasteiger partial charge in [0.15, 0.2) is 5.96 Å². The standard InChI is InChI=1S/C17H30N4S2/c1-6-18-17(21-9-10-22-16(11-21)12(2)3)19-8-7-15-13(4)20-14(5)23-15/h12,16H,6-11H2,1-5H3,(H,18,19). The van der Waals surface area contributed by atoms with Crippen LogP contribution in [0, 0.1) is 19.8 Å². The highest BCUT2D eigenvalue weighted by molar-refractivity contribution is 8.00. The predicted octanol–water partition coefficient (Wildman–Crippen LogP) is 3.34. The van der Waals surface area contributed by atoms with Gasteiger partial charge in [0.05, 0.1) is 10.7 Å². The number of nitrogens with one attached hydrogen (secondary N) is 1. The number of rotatable bonds is 5. The van der Waals surface area contributed by atoms with Crippen molar-refractivity contribution in [2.45, 2.75) is 46.3 Å². The first-order valence-corrected chi connectivity index (χ1v) is 10.5. The quantitative estimate of drug-likeness (QED) is 0.650. The second-order valence-corrected chi connectivity index (χ2v) is 8.96. The monoisotopic (exact) mass is 354 g/mol. The summed E-state index contributed by atoms with van der Waals surface area (Å²) in [5.74, 6) is 2.99. The minimum atomic E-state index is 0.707. The van der Waals surface area contributed by atoms with Gasteiger partial charge in [0.25, 0.3) is 0 Å². The Bertz CT molecular complexity index is 525. The fourth-order valence-electron chi connectivity index (χ4n) is 2.77. The third kappa shape index (κ3) is 5.38. The lowest BCUT2D eigenvalue weighted by atomic mass is 10.1. The average Bonchev–Trinajstić information content (AvgIpc) is 2.84. The average molecular weight is 355 g/mol. The van der Waals surface area contributed by atoms with Gasteiger partial charge in [-0.3, -0.25) is 4.99 Å². The maximum absolute atomic E-state index is 4.88. The van der Waals surface area contributed by atoms with Gasteiger partial charge in [0.2, 0.25) is 0 Å². The van der Waals surface area contributed by atoms with Crippen LogP contribution >= 0.6 is 23.1 Å². The zero-order chi connectivity index (χ0) is 16.8. The minimum Gasteiger partial charge on any atom is -0.357 e. The van der Waals surface area contributed by atoms with Crippen LogP contribution in [0.1, 0.15) is 36.3 Å². The van der Waals surface area contributed by atoms with Gasteiger partial charge in [-0.25, -0.2) is 4.98 Å². The van der Waals surface area contributed by atoms with Crippen molar-refractivity contribution >= 4 is 29.1 Å². The maximum atomic E-state index is 4.88. The molecule has 0 aromatic carbocycles. The highest BCUT2D eigenvalue weighted by atomic mass is 32.2. The van der Waals surface area contributed by atoms with Crippen molar-refractivity contribution in [3.63, 3.8) is 0 Å². The van der Waals surface area contributed by atoms with Crippen LogP contribution < -0.4 is 5.32 Å². The lowest BCUT2D eigenvalue weighted by molar-refractivity contribution is 0.381. The molecule has 2 rings (SSSR count). The number of hydrogen-bond donors (Lipinski definition) is 1. The van der Waals surface area contributed by atoms with Gasteiger partial charge in [-0.15, -0.1) is 11.3 Å². The number of guanidine groups is 1. The molecule has 2 heterocycles. The molecule has 130 valence electrons. The molecule has 0 amide bonds. The van der Waals surface area contributed by atoms with E-state index in [9.17, 15) is 0 Å².